The summed E-state index contributed by atoms with van der Waals surface area (Å²) in [5.41, 5.74) is 0.563. The van der Waals surface area contributed by atoms with Gasteiger partial charge in [-0.1, -0.05) is 11.6 Å². The summed E-state index contributed by atoms with van der Waals surface area (Å²) in [6, 6.07) is 3.73. The fraction of sp³-hybridized carbons (Fsp3) is 0.400. The molecule has 6 nitrogen and oxygen atoms in total. The molecule has 0 bridgehead atoms. The summed E-state index contributed by atoms with van der Waals surface area (Å²) in [7, 11) is 1.81. The molecule has 1 N–H and O–H groups in total. The Bertz CT molecular complexity index is 671. The van der Waals surface area contributed by atoms with E-state index in [0.717, 1.165) is 25.2 Å². The van der Waals surface area contributed by atoms with Gasteiger partial charge in [0.2, 0.25) is 0 Å². The molecule has 7 heteroatoms. The highest BCUT2D eigenvalue weighted by atomic mass is 35.5. The van der Waals surface area contributed by atoms with Gasteiger partial charge in [0.25, 0.3) is 5.91 Å². The van der Waals surface area contributed by atoms with Crippen molar-refractivity contribution < 1.29 is 4.79 Å². The van der Waals surface area contributed by atoms with Crippen LogP contribution in [0.3, 0.4) is 0 Å². The molecule has 116 valence electrons. The maximum atomic E-state index is 12.3. The van der Waals surface area contributed by atoms with Gasteiger partial charge in [0, 0.05) is 32.4 Å². The molecule has 1 aliphatic heterocycles. The molecule has 0 saturated carbocycles. The molecule has 0 spiro atoms. The SMILES string of the molecule is Cn1cncc1C(=O)NC1CCCN(c2ncccc2Cl)C1. The van der Waals surface area contributed by atoms with E-state index >= 15 is 0 Å². The molecule has 1 unspecified atom stereocenters. The number of aryl methyl sites for hydroxylation is 1. The molecule has 1 amide bonds. The van der Waals surface area contributed by atoms with Crippen molar-refractivity contribution in [3.63, 3.8) is 0 Å². The Morgan fingerprint density at radius 1 is 1.50 bits per heavy atom. The van der Waals surface area contributed by atoms with Crippen LogP contribution in [0, 0.1) is 0 Å². The smallest absolute Gasteiger partial charge is 0.269 e. The minimum Gasteiger partial charge on any atom is -0.353 e. The number of nitrogens with one attached hydrogen (secondary N) is 1. The molecule has 2 aromatic heterocycles. The lowest BCUT2D eigenvalue weighted by atomic mass is 10.1. The average Bonchev–Trinajstić information content (AvgIpc) is 2.94. The highest BCUT2D eigenvalue weighted by Crippen LogP contribution is 2.25. The van der Waals surface area contributed by atoms with Gasteiger partial charge in [0.1, 0.15) is 11.5 Å². The van der Waals surface area contributed by atoms with E-state index in [4.69, 9.17) is 11.6 Å². The highest BCUT2D eigenvalue weighted by Gasteiger charge is 2.24. The molecule has 1 aliphatic rings. The normalized spacial score (nSPS) is 18.3. The van der Waals surface area contributed by atoms with E-state index < -0.39 is 0 Å². The number of aromatic nitrogens is 3. The van der Waals surface area contributed by atoms with E-state index in [1.165, 1.54) is 0 Å². The number of hydrogen-bond donors (Lipinski definition) is 1. The minimum atomic E-state index is -0.0982. The van der Waals surface area contributed by atoms with Crippen LogP contribution in [0.1, 0.15) is 23.3 Å². The molecule has 2 aromatic rings. The van der Waals surface area contributed by atoms with E-state index in [1.54, 1.807) is 23.3 Å². The minimum absolute atomic E-state index is 0.0780. The van der Waals surface area contributed by atoms with Crippen molar-refractivity contribution >= 4 is 23.3 Å². The van der Waals surface area contributed by atoms with Crippen molar-refractivity contribution in [3.8, 4) is 0 Å². The monoisotopic (exact) mass is 319 g/mol. The molecule has 1 atom stereocenters. The third-order valence-electron chi connectivity index (χ3n) is 3.84. The van der Waals surface area contributed by atoms with Crippen LogP contribution in [-0.2, 0) is 7.05 Å². The number of carbonyl (C=O) groups is 1. The number of rotatable bonds is 3. The Morgan fingerprint density at radius 2 is 2.36 bits per heavy atom. The lowest BCUT2D eigenvalue weighted by Crippen LogP contribution is -2.48. The van der Waals surface area contributed by atoms with Gasteiger partial charge in [-0.05, 0) is 25.0 Å². The Balaban J connectivity index is 1.68. The van der Waals surface area contributed by atoms with Gasteiger partial charge in [0.15, 0.2) is 0 Å². The fourth-order valence-electron chi connectivity index (χ4n) is 2.73. The van der Waals surface area contributed by atoms with E-state index in [-0.39, 0.29) is 11.9 Å². The van der Waals surface area contributed by atoms with Crippen LogP contribution in [-0.4, -0.2) is 39.6 Å². The van der Waals surface area contributed by atoms with Crippen LogP contribution in [0.15, 0.2) is 30.9 Å². The first-order valence-corrected chi connectivity index (χ1v) is 7.65. The lowest BCUT2D eigenvalue weighted by Gasteiger charge is -2.34. The van der Waals surface area contributed by atoms with Crippen LogP contribution >= 0.6 is 11.6 Å². The Labute approximate surface area is 134 Å². The van der Waals surface area contributed by atoms with Crippen LogP contribution in [0.25, 0.3) is 0 Å². The van der Waals surface area contributed by atoms with Crippen molar-refractivity contribution in [1.82, 2.24) is 19.9 Å². The summed E-state index contributed by atoms with van der Waals surface area (Å²) in [4.78, 5) is 22.7. The molecular weight excluding hydrogens is 302 g/mol. The number of pyridine rings is 1. The summed E-state index contributed by atoms with van der Waals surface area (Å²) in [5.74, 6) is 0.683. The lowest BCUT2D eigenvalue weighted by molar-refractivity contribution is 0.0925. The second-order valence-corrected chi connectivity index (χ2v) is 5.86. The van der Waals surface area contributed by atoms with Crippen LogP contribution < -0.4 is 10.2 Å². The number of piperidine rings is 1. The van der Waals surface area contributed by atoms with Gasteiger partial charge in [-0.25, -0.2) is 9.97 Å². The van der Waals surface area contributed by atoms with Crippen molar-refractivity contribution in [3.05, 3.63) is 41.6 Å². The fourth-order valence-corrected chi connectivity index (χ4v) is 2.97. The number of nitrogens with zero attached hydrogens (tertiary/aromatic N) is 4. The molecule has 22 heavy (non-hydrogen) atoms. The number of amides is 1. The first-order chi connectivity index (χ1) is 10.6. The molecule has 0 radical (unpaired) electrons. The molecule has 0 aliphatic carbocycles. The van der Waals surface area contributed by atoms with E-state index in [2.05, 4.69) is 20.2 Å². The van der Waals surface area contributed by atoms with Gasteiger partial charge in [-0.15, -0.1) is 0 Å². The quantitative estimate of drug-likeness (QED) is 0.938. The van der Waals surface area contributed by atoms with Crippen LogP contribution in [0.5, 0.6) is 0 Å². The number of hydrogen-bond acceptors (Lipinski definition) is 4. The van der Waals surface area contributed by atoms with E-state index in [1.807, 2.05) is 19.2 Å². The summed E-state index contributed by atoms with van der Waals surface area (Å²) in [6.07, 6.45) is 6.87. The second-order valence-electron chi connectivity index (χ2n) is 5.46. The summed E-state index contributed by atoms with van der Waals surface area (Å²) < 4.78 is 1.71. The zero-order valence-electron chi connectivity index (χ0n) is 12.4. The topological polar surface area (TPSA) is 63.1 Å². The first-order valence-electron chi connectivity index (χ1n) is 7.28. The standard InChI is InChI=1S/C15H18ClN5O/c1-20-10-17-8-13(20)15(22)19-11-4-3-7-21(9-11)14-12(16)5-2-6-18-14/h2,5-6,8,10-11H,3-4,7,9H2,1H3,(H,19,22). The Hall–Kier alpha value is -2.08. The molecule has 3 heterocycles. The van der Waals surface area contributed by atoms with Crippen molar-refractivity contribution in [1.29, 1.82) is 0 Å². The number of anilines is 1. The van der Waals surface area contributed by atoms with Gasteiger partial charge in [-0.3, -0.25) is 4.79 Å². The summed E-state index contributed by atoms with van der Waals surface area (Å²) >= 11 is 6.21. The van der Waals surface area contributed by atoms with E-state index in [9.17, 15) is 4.79 Å². The van der Waals surface area contributed by atoms with E-state index in [0.29, 0.717) is 17.3 Å². The molecule has 3 rings (SSSR count). The molecule has 0 aromatic carbocycles. The number of carbonyl (C=O) groups excluding carboxylic acids is 1. The number of imidazole rings is 1. The van der Waals surface area contributed by atoms with Crippen LogP contribution in [0.2, 0.25) is 5.02 Å². The zero-order chi connectivity index (χ0) is 15.5. The van der Waals surface area contributed by atoms with Gasteiger partial charge in [0.05, 0.1) is 17.5 Å². The molecular formula is C15H18ClN5O. The summed E-state index contributed by atoms with van der Waals surface area (Å²) in [5, 5.41) is 3.71. The van der Waals surface area contributed by atoms with Gasteiger partial charge < -0.3 is 14.8 Å². The molecule has 1 fully saturated rings. The zero-order valence-corrected chi connectivity index (χ0v) is 13.1. The largest absolute Gasteiger partial charge is 0.353 e. The summed E-state index contributed by atoms with van der Waals surface area (Å²) in [6.45, 7) is 1.61. The highest BCUT2D eigenvalue weighted by molar-refractivity contribution is 6.32. The van der Waals surface area contributed by atoms with Crippen molar-refractivity contribution in [2.24, 2.45) is 7.05 Å². The third kappa shape index (κ3) is 3.06. The second kappa shape index (κ2) is 6.36. The van der Waals surface area contributed by atoms with Crippen LogP contribution in [0.4, 0.5) is 5.82 Å². The van der Waals surface area contributed by atoms with Gasteiger partial charge >= 0.3 is 0 Å². The molecule has 1 saturated heterocycles. The predicted molar refractivity (Wildman–Crippen MR) is 85.2 cm³/mol. The average molecular weight is 320 g/mol. The van der Waals surface area contributed by atoms with Gasteiger partial charge in [-0.2, -0.15) is 0 Å². The third-order valence-corrected chi connectivity index (χ3v) is 4.14. The Morgan fingerprint density at radius 3 is 3.09 bits per heavy atom. The first kappa shape index (κ1) is 14.8. The number of halogens is 1. The Kier molecular flexibility index (Phi) is 4.29. The predicted octanol–water partition coefficient (Wildman–Crippen LogP) is 1.87. The van der Waals surface area contributed by atoms with Crippen molar-refractivity contribution in [2.75, 3.05) is 18.0 Å². The maximum Gasteiger partial charge on any atom is 0.269 e. The maximum absolute atomic E-state index is 12.3. The van der Waals surface area contributed by atoms with Crippen molar-refractivity contribution in [2.45, 2.75) is 18.9 Å².